The van der Waals surface area contributed by atoms with Gasteiger partial charge >= 0.3 is 0 Å². The molecule has 6 fully saturated rings. The van der Waals surface area contributed by atoms with E-state index in [-0.39, 0.29) is 0 Å². The van der Waals surface area contributed by atoms with E-state index in [0.717, 1.165) is 6.92 Å². The average molecular weight is 1060 g/mol. The Hall–Kier alpha value is -1.65. The second-order valence-corrected chi connectivity index (χ2v) is 19.1. The van der Waals surface area contributed by atoms with Crippen LogP contribution in [0, 0.1) is 5.92 Å². The minimum absolute atomic E-state index is 0.471. The molecular weight excluding hydrogens is 982 g/mol. The summed E-state index contributed by atoms with van der Waals surface area (Å²) < 4.78 is 63.4. The number of hydrogen-bond acceptors (Lipinski definition) is 29. The summed E-state index contributed by atoms with van der Waals surface area (Å²) in [6, 6.07) is -1.56. The van der Waals surface area contributed by atoms with Gasteiger partial charge in [0.15, 0.2) is 31.5 Å². The summed E-state index contributed by atoms with van der Waals surface area (Å²) in [4.78, 5) is 12.8. The Bertz CT molecular complexity index is 1670. The lowest BCUT2D eigenvalue weighted by Gasteiger charge is -2.51. The van der Waals surface area contributed by atoms with Crippen molar-refractivity contribution < 1.29 is 144 Å². The van der Waals surface area contributed by atoms with Crippen LogP contribution in [-0.4, -0.2) is 310 Å². The fourth-order valence-electron chi connectivity index (χ4n) is 9.77. The van der Waals surface area contributed by atoms with E-state index in [9.17, 15) is 91.6 Å². The lowest BCUT2D eigenvalue weighted by molar-refractivity contribution is -0.380. The summed E-state index contributed by atoms with van der Waals surface area (Å²) in [6.45, 7) is 1.14. The third kappa shape index (κ3) is 12.7. The number of ether oxygens (including phenoxy) is 11. The van der Waals surface area contributed by atoms with Crippen molar-refractivity contribution in [3.63, 3.8) is 0 Å². The number of aliphatic hydroxyl groups excluding tert-OH is 17. The van der Waals surface area contributed by atoms with Crippen molar-refractivity contribution in [1.29, 1.82) is 0 Å². The Morgan fingerprint density at radius 3 is 1.39 bits per heavy atom. The number of carbonyl (C=O) groups excluding carboxylic acids is 1. The molecule has 0 saturated carbocycles. The van der Waals surface area contributed by atoms with E-state index in [4.69, 9.17) is 52.1 Å². The van der Waals surface area contributed by atoms with Gasteiger partial charge in [0.05, 0.1) is 63.5 Å². The number of rotatable bonds is 18. The van der Waals surface area contributed by atoms with Gasteiger partial charge in [-0.1, -0.05) is 0 Å². The summed E-state index contributed by atoms with van der Waals surface area (Å²) in [5.41, 5.74) is 0. The predicted molar refractivity (Wildman–Crippen MR) is 227 cm³/mol. The van der Waals surface area contributed by atoms with Crippen LogP contribution in [0.3, 0.4) is 0 Å². The van der Waals surface area contributed by atoms with E-state index in [0.29, 0.717) is 0 Å². The van der Waals surface area contributed by atoms with Crippen LogP contribution in [0.5, 0.6) is 0 Å². The fraction of sp³-hybridized carbons (Fsp3) is 0.976. The third-order valence-corrected chi connectivity index (χ3v) is 13.7. The van der Waals surface area contributed by atoms with Crippen molar-refractivity contribution in [3.8, 4) is 0 Å². The van der Waals surface area contributed by atoms with Gasteiger partial charge in [-0.25, -0.2) is 0 Å². The van der Waals surface area contributed by atoms with Gasteiger partial charge in [0, 0.05) is 12.8 Å². The van der Waals surface area contributed by atoms with Crippen LogP contribution < -0.4 is 5.32 Å². The minimum Gasteiger partial charge on any atom is -0.394 e. The molecule has 0 bridgehead atoms. The van der Waals surface area contributed by atoms with Crippen molar-refractivity contribution >= 4 is 5.91 Å². The Morgan fingerprint density at radius 1 is 0.431 bits per heavy atom. The van der Waals surface area contributed by atoms with Gasteiger partial charge in [-0.05, 0) is 27.2 Å². The van der Waals surface area contributed by atoms with E-state index in [1.807, 2.05) is 0 Å². The van der Waals surface area contributed by atoms with Gasteiger partial charge in [-0.15, -0.1) is 0 Å². The van der Waals surface area contributed by atoms with E-state index < -0.39 is 235 Å². The molecule has 30 atom stereocenters. The molecule has 30 heteroatoms. The second-order valence-electron chi connectivity index (χ2n) is 19.1. The number of aliphatic hydroxyl groups is 17. The molecule has 420 valence electrons. The molecule has 0 aromatic carbocycles. The largest absolute Gasteiger partial charge is 0.394 e. The summed E-state index contributed by atoms with van der Waals surface area (Å²) in [6.07, 6.45) is -50.0. The van der Waals surface area contributed by atoms with Crippen molar-refractivity contribution in [2.24, 2.45) is 5.92 Å². The van der Waals surface area contributed by atoms with Crippen LogP contribution in [0.4, 0.5) is 0 Å². The molecule has 1 amide bonds. The van der Waals surface area contributed by atoms with Crippen LogP contribution >= 0.6 is 0 Å². The number of amides is 1. The smallest absolute Gasteiger partial charge is 0.217 e. The summed E-state index contributed by atoms with van der Waals surface area (Å²) in [5.74, 6) is -2.29. The SMILES string of the molecule is CC(=O)NC1[C@H](C[C@@H]2C(O)[C@@H](O[C@H]3C(CO)O[C@@H](O[C@@H]4C(CO)O[C@@H](OC(C)C)C(O)[C@H]4O)C(O)[C@H]3O)OC(CO)[C@@H]2O)OC(CO)[C@H](O)[C@@H]1O[C@@H]1OC(CO)[C@H](O)[C@H](O)C1O[C@@H]1OC(C)[C@@H](O)[C@H](O)C1O. The molecule has 12 unspecified atom stereocenters. The topological polar surface area (TPSA) is 475 Å². The molecule has 0 spiro atoms. The number of nitrogens with one attached hydrogen (secondary N) is 1. The highest BCUT2D eigenvalue weighted by Gasteiger charge is 2.58. The van der Waals surface area contributed by atoms with E-state index in [2.05, 4.69) is 5.32 Å². The third-order valence-electron chi connectivity index (χ3n) is 13.7. The monoisotopic (exact) mass is 1060 g/mol. The van der Waals surface area contributed by atoms with E-state index in [1.54, 1.807) is 13.8 Å². The highest BCUT2D eigenvalue weighted by molar-refractivity contribution is 5.73. The zero-order chi connectivity index (χ0) is 53.2. The maximum absolute atomic E-state index is 12.8. The zero-order valence-corrected chi connectivity index (χ0v) is 39.6. The highest BCUT2D eigenvalue weighted by atomic mass is 16.8. The van der Waals surface area contributed by atoms with Gasteiger partial charge in [0.25, 0.3) is 0 Å². The van der Waals surface area contributed by atoms with Crippen LogP contribution in [0.2, 0.25) is 0 Å². The van der Waals surface area contributed by atoms with Crippen LogP contribution in [0.15, 0.2) is 0 Å². The van der Waals surface area contributed by atoms with Gasteiger partial charge in [0.2, 0.25) is 5.91 Å². The summed E-state index contributed by atoms with van der Waals surface area (Å²) >= 11 is 0. The van der Waals surface area contributed by atoms with E-state index in [1.165, 1.54) is 6.92 Å². The average Bonchev–Trinajstić information content (AvgIpc) is 3.34. The van der Waals surface area contributed by atoms with Crippen molar-refractivity contribution in [3.05, 3.63) is 0 Å². The first-order chi connectivity index (χ1) is 34.0. The lowest BCUT2D eigenvalue weighted by atomic mass is 9.80. The second kappa shape index (κ2) is 25.7. The molecule has 6 heterocycles. The quantitative estimate of drug-likeness (QED) is 0.0606. The van der Waals surface area contributed by atoms with Crippen LogP contribution in [0.25, 0.3) is 0 Å². The van der Waals surface area contributed by atoms with Crippen molar-refractivity contribution in [2.45, 2.75) is 218 Å². The fourth-order valence-corrected chi connectivity index (χ4v) is 9.77. The minimum atomic E-state index is -2.08. The Kier molecular flexibility index (Phi) is 21.2. The van der Waals surface area contributed by atoms with Gasteiger partial charge in [-0.3, -0.25) is 4.79 Å². The number of carbonyl (C=O) groups is 1. The predicted octanol–water partition coefficient (Wildman–Crippen LogP) is -10.8. The maximum atomic E-state index is 12.8. The van der Waals surface area contributed by atoms with Gasteiger partial charge in [0.1, 0.15) is 122 Å². The maximum Gasteiger partial charge on any atom is 0.217 e. The molecule has 18 N–H and O–H groups in total. The Balaban J connectivity index is 1.22. The molecular formula is C42H73NO29. The summed E-state index contributed by atoms with van der Waals surface area (Å²) in [7, 11) is 0. The first-order valence-electron chi connectivity index (χ1n) is 23.7. The Morgan fingerprint density at radius 2 is 0.847 bits per heavy atom. The molecule has 0 aromatic heterocycles. The first kappa shape index (κ1) is 59.6. The van der Waals surface area contributed by atoms with E-state index >= 15 is 0 Å². The Labute approximate surface area is 411 Å². The van der Waals surface area contributed by atoms with Crippen LogP contribution in [-0.2, 0) is 56.9 Å². The lowest BCUT2D eigenvalue weighted by Crippen LogP contribution is -2.69. The zero-order valence-electron chi connectivity index (χ0n) is 39.6. The van der Waals surface area contributed by atoms with Crippen molar-refractivity contribution in [2.75, 3.05) is 33.0 Å². The molecule has 6 rings (SSSR count). The molecule has 0 radical (unpaired) electrons. The van der Waals surface area contributed by atoms with Gasteiger partial charge in [-0.2, -0.15) is 0 Å². The molecule has 6 saturated heterocycles. The highest BCUT2D eigenvalue weighted by Crippen LogP contribution is 2.39. The van der Waals surface area contributed by atoms with Crippen molar-refractivity contribution in [1.82, 2.24) is 5.32 Å². The standard InChI is InChI=1S/C42H73NO29/c1-11(2)62-39-32(60)29(57)35(19(9-47)67-39)70-41-33(61)30(58)34(20(10-48)68-41)69-38-24(52)14(23(51)16(6-44)65-38)5-15-21(43-13(4)49)36(26(54)18(8-46)64-15)71-42-37(28(56)25(53)17(7-45)66-42)72-40-31(59)27(55)22(50)12(3)63-40/h11-12,14-42,44-48,50-61H,5-10H2,1-4H3,(H,43,49)/t12?,14-,15-,16?,17?,18?,19?,20?,21?,22+,23+,24?,25-,26-,27-,28-,29+,30+,31?,32?,33?,34-,35+,36+,37?,38+,39+,40-,41-,42-/m0/s1. The molecule has 72 heavy (non-hydrogen) atoms. The van der Waals surface area contributed by atoms with Crippen LogP contribution in [0.1, 0.15) is 34.1 Å². The van der Waals surface area contributed by atoms with Gasteiger partial charge < -0.3 is 144 Å². The molecule has 0 aliphatic carbocycles. The molecule has 6 aliphatic rings. The summed E-state index contributed by atoms with van der Waals surface area (Å²) in [5, 5.41) is 186. The normalized spacial score (nSPS) is 50.5. The molecule has 0 aromatic rings. The molecule has 6 aliphatic heterocycles. The molecule has 30 nitrogen and oxygen atoms in total. The number of hydrogen-bond donors (Lipinski definition) is 18. The first-order valence-corrected chi connectivity index (χ1v) is 23.7.